The Balaban J connectivity index is 1.96. The summed E-state index contributed by atoms with van der Waals surface area (Å²) in [5.74, 6) is 1.11. The summed E-state index contributed by atoms with van der Waals surface area (Å²) in [4.78, 5) is 0. The lowest BCUT2D eigenvalue weighted by molar-refractivity contribution is -0.0103. The van der Waals surface area contributed by atoms with Crippen LogP contribution < -0.4 is 9.47 Å². The Kier molecular flexibility index (Phi) is 4.00. The topological polar surface area (TPSA) is 51.5 Å². The van der Waals surface area contributed by atoms with E-state index in [1.54, 1.807) is 0 Å². The van der Waals surface area contributed by atoms with Gasteiger partial charge in [0.25, 0.3) is 0 Å². The van der Waals surface area contributed by atoms with E-state index in [1.807, 2.05) is 12.1 Å². The SMILES string of the molecule is N#CC1CCCOC1c1cc(Cl)c2c(c1)OCCCO2. The number of ether oxygens (including phenoxy) is 3. The minimum Gasteiger partial charge on any atom is -0.489 e. The fourth-order valence-electron chi connectivity index (χ4n) is 2.66. The average molecular weight is 294 g/mol. The molecule has 2 atom stereocenters. The number of benzene rings is 1. The number of hydrogen-bond donors (Lipinski definition) is 0. The van der Waals surface area contributed by atoms with Gasteiger partial charge in [0.15, 0.2) is 11.5 Å². The lowest BCUT2D eigenvalue weighted by atomic mass is 9.90. The second-order valence-corrected chi connectivity index (χ2v) is 5.46. The van der Waals surface area contributed by atoms with Gasteiger partial charge >= 0.3 is 0 Å². The molecule has 1 aromatic rings. The normalized spacial score (nSPS) is 25.6. The Hall–Kier alpha value is -1.44. The van der Waals surface area contributed by atoms with Crippen LogP contribution in [0.5, 0.6) is 11.5 Å². The molecule has 1 aromatic carbocycles. The molecule has 106 valence electrons. The van der Waals surface area contributed by atoms with Crippen LogP contribution in [0.3, 0.4) is 0 Å². The number of fused-ring (bicyclic) bond motifs is 1. The third-order valence-corrected chi connectivity index (χ3v) is 3.92. The molecular weight excluding hydrogens is 278 g/mol. The van der Waals surface area contributed by atoms with Gasteiger partial charge < -0.3 is 14.2 Å². The Morgan fingerprint density at radius 3 is 2.85 bits per heavy atom. The van der Waals surface area contributed by atoms with E-state index in [0.717, 1.165) is 24.8 Å². The first-order valence-electron chi connectivity index (χ1n) is 6.90. The zero-order chi connectivity index (χ0) is 13.9. The van der Waals surface area contributed by atoms with Gasteiger partial charge in [0.05, 0.1) is 36.3 Å². The third kappa shape index (κ3) is 2.56. The first-order valence-corrected chi connectivity index (χ1v) is 7.27. The first kappa shape index (κ1) is 13.5. The van der Waals surface area contributed by atoms with Crippen molar-refractivity contribution in [1.82, 2.24) is 0 Å². The molecule has 3 rings (SSSR count). The molecule has 2 aliphatic heterocycles. The van der Waals surface area contributed by atoms with Crippen LogP contribution in [0.2, 0.25) is 5.02 Å². The zero-order valence-electron chi connectivity index (χ0n) is 11.1. The molecule has 0 aromatic heterocycles. The van der Waals surface area contributed by atoms with Gasteiger partial charge in [-0.3, -0.25) is 0 Å². The van der Waals surface area contributed by atoms with E-state index in [9.17, 15) is 5.26 Å². The summed E-state index contributed by atoms with van der Waals surface area (Å²) >= 11 is 6.29. The molecule has 0 saturated carbocycles. The number of rotatable bonds is 1. The quantitative estimate of drug-likeness (QED) is 0.795. The van der Waals surface area contributed by atoms with Crippen LogP contribution in [0.25, 0.3) is 0 Å². The Morgan fingerprint density at radius 1 is 1.15 bits per heavy atom. The summed E-state index contributed by atoms with van der Waals surface area (Å²) in [5.41, 5.74) is 0.894. The lowest BCUT2D eigenvalue weighted by Gasteiger charge is -2.28. The maximum Gasteiger partial charge on any atom is 0.179 e. The van der Waals surface area contributed by atoms with E-state index in [4.69, 9.17) is 25.8 Å². The van der Waals surface area contributed by atoms with E-state index >= 15 is 0 Å². The molecule has 0 aliphatic carbocycles. The van der Waals surface area contributed by atoms with Crippen molar-refractivity contribution in [3.05, 3.63) is 22.7 Å². The highest BCUT2D eigenvalue weighted by Gasteiger charge is 2.29. The fraction of sp³-hybridized carbons (Fsp3) is 0.533. The van der Waals surface area contributed by atoms with E-state index in [0.29, 0.717) is 36.3 Å². The third-order valence-electron chi connectivity index (χ3n) is 3.64. The molecule has 1 saturated heterocycles. The predicted octanol–water partition coefficient (Wildman–Crippen LogP) is 3.49. The van der Waals surface area contributed by atoms with Gasteiger partial charge in [-0.2, -0.15) is 5.26 Å². The summed E-state index contributed by atoms with van der Waals surface area (Å²) in [5, 5.41) is 9.78. The van der Waals surface area contributed by atoms with Crippen molar-refractivity contribution in [3.8, 4) is 17.6 Å². The maximum absolute atomic E-state index is 9.26. The second kappa shape index (κ2) is 5.90. The lowest BCUT2D eigenvalue weighted by Crippen LogP contribution is -2.21. The molecule has 5 heteroatoms. The molecule has 20 heavy (non-hydrogen) atoms. The molecule has 0 amide bonds. The smallest absolute Gasteiger partial charge is 0.179 e. The van der Waals surface area contributed by atoms with Gasteiger partial charge in [-0.1, -0.05) is 11.6 Å². The van der Waals surface area contributed by atoms with Gasteiger partial charge in [0, 0.05) is 13.0 Å². The van der Waals surface area contributed by atoms with Crippen LogP contribution in [0.15, 0.2) is 12.1 Å². The van der Waals surface area contributed by atoms with Crippen LogP contribution in [0, 0.1) is 17.2 Å². The molecule has 2 unspecified atom stereocenters. The maximum atomic E-state index is 9.26. The summed E-state index contributed by atoms with van der Waals surface area (Å²) in [6.07, 6.45) is 2.38. The van der Waals surface area contributed by atoms with E-state index in [1.165, 1.54) is 0 Å². The van der Waals surface area contributed by atoms with E-state index < -0.39 is 0 Å². The number of nitrogens with zero attached hydrogens (tertiary/aromatic N) is 1. The molecule has 0 bridgehead atoms. The van der Waals surface area contributed by atoms with Crippen LogP contribution >= 0.6 is 11.6 Å². The van der Waals surface area contributed by atoms with Gasteiger partial charge in [-0.05, 0) is 30.5 Å². The summed E-state index contributed by atoms with van der Waals surface area (Å²) < 4.78 is 17.1. The largest absolute Gasteiger partial charge is 0.489 e. The predicted molar refractivity (Wildman–Crippen MR) is 74.1 cm³/mol. The Morgan fingerprint density at radius 2 is 2.00 bits per heavy atom. The molecule has 1 fully saturated rings. The highest BCUT2D eigenvalue weighted by molar-refractivity contribution is 6.32. The van der Waals surface area contributed by atoms with Crippen molar-refractivity contribution >= 4 is 11.6 Å². The minimum atomic E-state index is -0.233. The van der Waals surface area contributed by atoms with Crippen molar-refractivity contribution in [1.29, 1.82) is 5.26 Å². The average Bonchev–Trinajstić information content (AvgIpc) is 2.73. The zero-order valence-corrected chi connectivity index (χ0v) is 11.9. The van der Waals surface area contributed by atoms with Crippen molar-refractivity contribution in [2.75, 3.05) is 19.8 Å². The van der Waals surface area contributed by atoms with Crippen molar-refractivity contribution < 1.29 is 14.2 Å². The van der Waals surface area contributed by atoms with Crippen molar-refractivity contribution in [3.63, 3.8) is 0 Å². The highest BCUT2D eigenvalue weighted by atomic mass is 35.5. The van der Waals surface area contributed by atoms with Gasteiger partial charge in [0.2, 0.25) is 0 Å². The molecule has 2 aliphatic rings. The summed E-state index contributed by atoms with van der Waals surface area (Å²) in [6, 6.07) is 6.05. The standard InChI is InChI=1S/C15H16ClNO3/c16-12-7-11(14-10(9-17)3-1-4-19-14)8-13-15(12)20-6-2-5-18-13/h7-8,10,14H,1-6H2. The molecule has 4 nitrogen and oxygen atoms in total. The van der Waals surface area contributed by atoms with Crippen LogP contribution in [-0.2, 0) is 4.74 Å². The minimum absolute atomic E-state index is 0.135. The first-order chi connectivity index (χ1) is 9.79. The second-order valence-electron chi connectivity index (χ2n) is 5.05. The molecule has 0 spiro atoms. The van der Waals surface area contributed by atoms with E-state index in [-0.39, 0.29) is 12.0 Å². The van der Waals surface area contributed by atoms with Crippen LogP contribution in [0.4, 0.5) is 0 Å². The monoisotopic (exact) mass is 293 g/mol. The van der Waals surface area contributed by atoms with Gasteiger partial charge in [-0.15, -0.1) is 0 Å². The summed E-state index contributed by atoms with van der Waals surface area (Å²) in [6.45, 7) is 1.89. The molecule has 0 N–H and O–H groups in total. The number of hydrogen-bond acceptors (Lipinski definition) is 4. The number of halogens is 1. The molecular formula is C15H16ClNO3. The highest BCUT2D eigenvalue weighted by Crippen LogP contribution is 2.42. The van der Waals surface area contributed by atoms with Gasteiger partial charge in [0.1, 0.15) is 0 Å². The molecule has 0 radical (unpaired) electrons. The Bertz CT molecular complexity index is 541. The van der Waals surface area contributed by atoms with E-state index in [2.05, 4.69) is 6.07 Å². The number of nitriles is 1. The van der Waals surface area contributed by atoms with Crippen LogP contribution in [-0.4, -0.2) is 19.8 Å². The summed E-state index contributed by atoms with van der Waals surface area (Å²) in [7, 11) is 0. The van der Waals surface area contributed by atoms with Crippen molar-refractivity contribution in [2.45, 2.75) is 25.4 Å². The van der Waals surface area contributed by atoms with Crippen LogP contribution in [0.1, 0.15) is 30.9 Å². The van der Waals surface area contributed by atoms with Crippen molar-refractivity contribution in [2.24, 2.45) is 5.92 Å². The fourth-order valence-corrected chi connectivity index (χ4v) is 2.93. The Labute approximate surface area is 123 Å². The molecule has 2 heterocycles. The van der Waals surface area contributed by atoms with Gasteiger partial charge in [-0.25, -0.2) is 0 Å².